The Morgan fingerprint density at radius 1 is 1.50 bits per heavy atom. The van der Waals surface area contributed by atoms with E-state index in [-0.39, 0.29) is 12.4 Å². The van der Waals surface area contributed by atoms with Gasteiger partial charge in [0.1, 0.15) is 6.29 Å². The van der Waals surface area contributed by atoms with Crippen LogP contribution < -0.4 is 0 Å². The van der Waals surface area contributed by atoms with E-state index in [2.05, 4.69) is 20.7 Å². The third kappa shape index (κ3) is 3.77. The quantitative estimate of drug-likeness (QED) is 0.616. The Kier molecular flexibility index (Phi) is 5.19. The van der Waals surface area contributed by atoms with E-state index in [9.17, 15) is 9.59 Å². The van der Waals surface area contributed by atoms with Gasteiger partial charge in [0.2, 0.25) is 0 Å². The Bertz CT molecular complexity index is 388. The summed E-state index contributed by atoms with van der Waals surface area (Å²) in [7, 11) is 1.37. The highest BCUT2D eigenvalue weighted by Crippen LogP contribution is 2.20. The van der Waals surface area contributed by atoms with Crippen LogP contribution in [-0.4, -0.2) is 19.4 Å². The molecule has 0 unspecified atom stereocenters. The Balaban J connectivity index is 2.81. The van der Waals surface area contributed by atoms with Crippen molar-refractivity contribution in [1.29, 1.82) is 0 Å². The SMILES string of the molecule is COC(=O)Cc1cc(CCC=O)ccc1Br. The standard InChI is InChI=1S/C12H13BrO3/c1-16-12(15)8-10-7-9(3-2-6-14)4-5-11(10)13/h4-7H,2-3,8H2,1H3. The maximum Gasteiger partial charge on any atom is 0.310 e. The van der Waals surface area contributed by atoms with E-state index in [1.165, 1.54) is 7.11 Å². The third-order valence-electron chi connectivity index (χ3n) is 2.22. The van der Waals surface area contributed by atoms with Gasteiger partial charge >= 0.3 is 5.97 Å². The van der Waals surface area contributed by atoms with Crippen LogP contribution in [0.3, 0.4) is 0 Å². The number of hydrogen-bond donors (Lipinski definition) is 0. The van der Waals surface area contributed by atoms with Crippen LogP contribution in [0.1, 0.15) is 17.5 Å². The number of benzene rings is 1. The molecule has 0 saturated carbocycles. The summed E-state index contributed by atoms with van der Waals surface area (Å²) >= 11 is 3.38. The van der Waals surface area contributed by atoms with Crippen molar-refractivity contribution in [3.8, 4) is 0 Å². The van der Waals surface area contributed by atoms with Gasteiger partial charge in [-0.2, -0.15) is 0 Å². The number of carbonyl (C=O) groups excluding carboxylic acids is 2. The first kappa shape index (κ1) is 12.9. The lowest BCUT2D eigenvalue weighted by Crippen LogP contribution is -2.05. The second-order valence-electron chi connectivity index (χ2n) is 3.38. The molecule has 0 bridgehead atoms. The van der Waals surface area contributed by atoms with Gasteiger partial charge in [0.25, 0.3) is 0 Å². The van der Waals surface area contributed by atoms with Crippen LogP contribution in [0.2, 0.25) is 0 Å². The summed E-state index contributed by atoms with van der Waals surface area (Å²) in [6.07, 6.45) is 2.33. The first-order chi connectivity index (χ1) is 7.67. The third-order valence-corrected chi connectivity index (χ3v) is 3.00. The molecular formula is C12H13BrO3. The fraction of sp³-hybridized carbons (Fsp3) is 0.333. The van der Waals surface area contributed by atoms with E-state index in [1.807, 2.05) is 18.2 Å². The Morgan fingerprint density at radius 2 is 2.25 bits per heavy atom. The summed E-state index contributed by atoms with van der Waals surface area (Å²) in [5.41, 5.74) is 1.93. The minimum atomic E-state index is -0.270. The number of carbonyl (C=O) groups is 2. The lowest BCUT2D eigenvalue weighted by atomic mass is 10.0. The molecule has 4 heteroatoms. The molecule has 0 aliphatic rings. The minimum absolute atomic E-state index is 0.242. The van der Waals surface area contributed by atoms with Crippen LogP contribution in [0.25, 0.3) is 0 Å². The van der Waals surface area contributed by atoms with E-state index in [4.69, 9.17) is 0 Å². The number of ether oxygens (including phenoxy) is 1. The largest absolute Gasteiger partial charge is 0.469 e. The molecule has 0 aliphatic carbocycles. The molecule has 1 aromatic carbocycles. The number of esters is 1. The number of hydrogen-bond acceptors (Lipinski definition) is 3. The van der Waals surface area contributed by atoms with E-state index >= 15 is 0 Å². The highest BCUT2D eigenvalue weighted by Gasteiger charge is 2.07. The first-order valence-corrected chi connectivity index (χ1v) is 5.74. The Morgan fingerprint density at radius 3 is 2.88 bits per heavy atom. The Labute approximate surface area is 103 Å². The van der Waals surface area contributed by atoms with Crippen LogP contribution in [-0.2, 0) is 27.2 Å². The van der Waals surface area contributed by atoms with Crippen molar-refractivity contribution in [2.45, 2.75) is 19.3 Å². The van der Waals surface area contributed by atoms with Gasteiger partial charge in [-0.1, -0.05) is 28.1 Å². The topological polar surface area (TPSA) is 43.4 Å². The van der Waals surface area contributed by atoms with Gasteiger partial charge < -0.3 is 9.53 Å². The summed E-state index contributed by atoms with van der Waals surface area (Å²) < 4.78 is 5.50. The molecule has 1 aromatic rings. The van der Waals surface area contributed by atoms with Crippen LogP contribution in [0.4, 0.5) is 0 Å². The van der Waals surface area contributed by atoms with Gasteiger partial charge in [0, 0.05) is 10.9 Å². The molecule has 0 fully saturated rings. The van der Waals surface area contributed by atoms with Crippen LogP contribution in [0, 0.1) is 0 Å². The van der Waals surface area contributed by atoms with E-state index < -0.39 is 0 Å². The van der Waals surface area contributed by atoms with Crippen molar-refractivity contribution in [3.63, 3.8) is 0 Å². The summed E-state index contributed by atoms with van der Waals surface area (Å²) in [4.78, 5) is 21.4. The zero-order valence-corrected chi connectivity index (χ0v) is 10.6. The van der Waals surface area contributed by atoms with Crippen LogP contribution in [0.5, 0.6) is 0 Å². The van der Waals surface area contributed by atoms with Gasteiger partial charge in [-0.25, -0.2) is 0 Å². The molecule has 0 saturated heterocycles. The molecule has 86 valence electrons. The van der Waals surface area contributed by atoms with Gasteiger partial charge in [-0.15, -0.1) is 0 Å². The molecule has 0 N–H and O–H groups in total. The van der Waals surface area contributed by atoms with Crippen molar-refractivity contribution in [1.82, 2.24) is 0 Å². The number of halogens is 1. The van der Waals surface area contributed by atoms with Crippen LogP contribution in [0.15, 0.2) is 22.7 Å². The molecular weight excluding hydrogens is 272 g/mol. The van der Waals surface area contributed by atoms with Crippen molar-refractivity contribution in [2.24, 2.45) is 0 Å². The number of rotatable bonds is 5. The zero-order chi connectivity index (χ0) is 12.0. The molecule has 0 aromatic heterocycles. The predicted octanol–water partition coefficient (Wildman–Crippen LogP) is 2.30. The molecule has 16 heavy (non-hydrogen) atoms. The van der Waals surface area contributed by atoms with Crippen molar-refractivity contribution in [3.05, 3.63) is 33.8 Å². The highest BCUT2D eigenvalue weighted by atomic mass is 79.9. The summed E-state index contributed by atoms with van der Waals surface area (Å²) in [6.45, 7) is 0. The first-order valence-electron chi connectivity index (χ1n) is 4.95. The monoisotopic (exact) mass is 284 g/mol. The smallest absolute Gasteiger partial charge is 0.310 e. The van der Waals surface area contributed by atoms with Crippen LogP contribution >= 0.6 is 15.9 Å². The van der Waals surface area contributed by atoms with Crippen molar-refractivity contribution in [2.75, 3.05) is 7.11 Å². The second kappa shape index (κ2) is 6.43. The average molecular weight is 285 g/mol. The fourth-order valence-corrected chi connectivity index (χ4v) is 1.76. The highest BCUT2D eigenvalue weighted by molar-refractivity contribution is 9.10. The zero-order valence-electron chi connectivity index (χ0n) is 9.03. The predicted molar refractivity (Wildman–Crippen MR) is 64.2 cm³/mol. The molecule has 0 aliphatic heterocycles. The fourth-order valence-electron chi connectivity index (χ4n) is 1.37. The molecule has 0 spiro atoms. The van der Waals surface area contributed by atoms with E-state index in [0.717, 1.165) is 21.9 Å². The average Bonchev–Trinajstić information content (AvgIpc) is 2.30. The minimum Gasteiger partial charge on any atom is -0.469 e. The maximum atomic E-state index is 11.2. The van der Waals surface area contributed by atoms with Gasteiger partial charge in [-0.3, -0.25) is 4.79 Å². The Hall–Kier alpha value is -1.16. The molecule has 1 rings (SSSR count). The van der Waals surface area contributed by atoms with Crippen molar-refractivity contribution < 1.29 is 14.3 Å². The summed E-state index contributed by atoms with van der Waals surface area (Å²) in [5.74, 6) is -0.270. The van der Waals surface area contributed by atoms with Gasteiger partial charge in [0.05, 0.1) is 13.5 Å². The lowest BCUT2D eigenvalue weighted by Gasteiger charge is -2.06. The van der Waals surface area contributed by atoms with E-state index in [1.54, 1.807) is 0 Å². The second-order valence-corrected chi connectivity index (χ2v) is 4.24. The number of aldehydes is 1. The lowest BCUT2D eigenvalue weighted by molar-refractivity contribution is -0.139. The van der Waals surface area contributed by atoms with Crippen molar-refractivity contribution >= 4 is 28.2 Å². The van der Waals surface area contributed by atoms with E-state index in [0.29, 0.717) is 12.8 Å². The number of methoxy groups -OCH3 is 1. The van der Waals surface area contributed by atoms with Gasteiger partial charge in [0.15, 0.2) is 0 Å². The molecule has 3 nitrogen and oxygen atoms in total. The van der Waals surface area contributed by atoms with Gasteiger partial charge in [-0.05, 0) is 23.6 Å². The maximum absolute atomic E-state index is 11.2. The molecule has 0 heterocycles. The molecule has 0 radical (unpaired) electrons. The molecule has 0 atom stereocenters. The summed E-state index contributed by atoms with van der Waals surface area (Å²) in [6, 6.07) is 5.75. The summed E-state index contributed by atoms with van der Waals surface area (Å²) in [5, 5.41) is 0. The number of aryl methyl sites for hydroxylation is 1. The molecule has 0 amide bonds. The normalized spacial score (nSPS) is 9.88.